The van der Waals surface area contributed by atoms with Crippen LogP contribution in [0.25, 0.3) is 22.2 Å². The highest BCUT2D eigenvalue weighted by Gasteiger charge is 2.18. The summed E-state index contributed by atoms with van der Waals surface area (Å²) in [5.41, 5.74) is 10.4. The standard InChI is InChI=1S/C19H19BrN2O2/c20-15-6-3-5-14-13(4-1-2-9-21)18(22-19(14)15)12-7-8-16-17(10-12)24-11-23-16/h3,5-8,10,22H,1-2,4,9,11,21H2. The van der Waals surface area contributed by atoms with Crippen molar-refractivity contribution in [2.24, 2.45) is 5.73 Å². The van der Waals surface area contributed by atoms with Gasteiger partial charge < -0.3 is 20.2 Å². The van der Waals surface area contributed by atoms with Gasteiger partial charge in [-0.2, -0.15) is 0 Å². The molecule has 0 aliphatic carbocycles. The molecule has 0 fully saturated rings. The maximum atomic E-state index is 5.67. The lowest BCUT2D eigenvalue weighted by Gasteiger charge is -2.06. The zero-order valence-electron chi connectivity index (χ0n) is 13.3. The van der Waals surface area contributed by atoms with Crippen LogP contribution in [0.15, 0.2) is 40.9 Å². The van der Waals surface area contributed by atoms with Crippen LogP contribution >= 0.6 is 15.9 Å². The summed E-state index contributed by atoms with van der Waals surface area (Å²) in [6.07, 6.45) is 3.10. The number of rotatable bonds is 5. The summed E-state index contributed by atoms with van der Waals surface area (Å²) in [5.74, 6) is 1.61. The molecular formula is C19H19BrN2O2. The first-order chi connectivity index (χ1) is 11.8. The lowest BCUT2D eigenvalue weighted by molar-refractivity contribution is 0.174. The average Bonchev–Trinajstić information content (AvgIpc) is 3.20. The number of H-pyrrole nitrogens is 1. The highest BCUT2D eigenvalue weighted by molar-refractivity contribution is 9.10. The number of fused-ring (bicyclic) bond motifs is 2. The molecule has 3 N–H and O–H groups in total. The Hall–Kier alpha value is -1.98. The van der Waals surface area contributed by atoms with Gasteiger partial charge in [-0.15, -0.1) is 0 Å². The van der Waals surface area contributed by atoms with E-state index in [9.17, 15) is 0 Å². The van der Waals surface area contributed by atoms with Crippen molar-refractivity contribution in [2.45, 2.75) is 19.3 Å². The molecule has 2 aromatic carbocycles. The Morgan fingerprint density at radius 1 is 1.08 bits per heavy atom. The van der Waals surface area contributed by atoms with Gasteiger partial charge in [-0.1, -0.05) is 12.1 Å². The molecule has 0 radical (unpaired) electrons. The van der Waals surface area contributed by atoms with Gasteiger partial charge >= 0.3 is 0 Å². The minimum absolute atomic E-state index is 0.292. The largest absolute Gasteiger partial charge is 0.454 e. The summed E-state index contributed by atoms with van der Waals surface area (Å²) in [5, 5.41) is 1.26. The van der Waals surface area contributed by atoms with Crippen LogP contribution in [0, 0.1) is 0 Å². The van der Waals surface area contributed by atoms with E-state index in [0.717, 1.165) is 58.6 Å². The fourth-order valence-corrected chi connectivity index (χ4v) is 3.71. The zero-order valence-corrected chi connectivity index (χ0v) is 14.9. The molecule has 1 aromatic heterocycles. The quantitative estimate of drug-likeness (QED) is 0.629. The Bertz CT molecular complexity index is 888. The van der Waals surface area contributed by atoms with E-state index in [1.807, 2.05) is 12.1 Å². The average molecular weight is 387 g/mol. The Balaban J connectivity index is 1.84. The third kappa shape index (κ3) is 2.68. The van der Waals surface area contributed by atoms with Crippen molar-refractivity contribution in [3.8, 4) is 22.8 Å². The van der Waals surface area contributed by atoms with Crippen molar-refractivity contribution in [3.05, 3.63) is 46.4 Å². The van der Waals surface area contributed by atoms with Crippen LogP contribution in [0.3, 0.4) is 0 Å². The third-order valence-electron chi connectivity index (χ3n) is 4.43. The molecule has 24 heavy (non-hydrogen) atoms. The van der Waals surface area contributed by atoms with E-state index >= 15 is 0 Å². The molecular weight excluding hydrogens is 368 g/mol. The van der Waals surface area contributed by atoms with E-state index < -0.39 is 0 Å². The smallest absolute Gasteiger partial charge is 0.231 e. The van der Waals surface area contributed by atoms with Crippen molar-refractivity contribution >= 4 is 26.8 Å². The molecule has 0 atom stereocenters. The second kappa shape index (κ2) is 6.49. The second-order valence-corrected chi connectivity index (χ2v) is 6.81. The molecule has 1 aliphatic heterocycles. The molecule has 5 heteroatoms. The molecule has 0 saturated carbocycles. The van der Waals surface area contributed by atoms with E-state index in [0.29, 0.717) is 6.79 Å². The predicted octanol–water partition coefficient (Wildman–Crippen LogP) is 4.61. The first kappa shape index (κ1) is 15.5. The molecule has 0 bridgehead atoms. The number of aryl methyl sites for hydroxylation is 1. The number of ether oxygens (including phenoxy) is 2. The Morgan fingerprint density at radius 3 is 2.83 bits per heavy atom. The van der Waals surface area contributed by atoms with Crippen LogP contribution in [0.4, 0.5) is 0 Å². The van der Waals surface area contributed by atoms with E-state index in [1.165, 1.54) is 10.9 Å². The number of hydrogen-bond acceptors (Lipinski definition) is 3. The molecule has 1 aliphatic rings. The first-order valence-electron chi connectivity index (χ1n) is 8.17. The molecule has 2 heterocycles. The topological polar surface area (TPSA) is 60.3 Å². The Labute approximate surface area is 149 Å². The first-order valence-corrected chi connectivity index (χ1v) is 8.96. The number of unbranched alkanes of at least 4 members (excludes halogenated alkanes) is 1. The van der Waals surface area contributed by atoms with Crippen molar-refractivity contribution in [2.75, 3.05) is 13.3 Å². The van der Waals surface area contributed by atoms with Gasteiger partial charge in [-0.25, -0.2) is 0 Å². The number of halogens is 1. The maximum absolute atomic E-state index is 5.67. The summed E-state index contributed by atoms with van der Waals surface area (Å²) >= 11 is 3.65. The number of aromatic nitrogens is 1. The van der Waals surface area contributed by atoms with Gasteiger partial charge in [0.25, 0.3) is 0 Å². The van der Waals surface area contributed by atoms with E-state index in [4.69, 9.17) is 15.2 Å². The van der Waals surface area contributed by atoms with Gasteiger partial charge in [-0.05, 0) is 71.6 Å². The van der Waals surface area contributed by atoms with Gasteiger partial charge in [0.1, 0.15) is 0 Å². The van der Waals surface area contributed by atoms with Gasteiger partial charge in [0, 0.05) is 21.1 Å². The van der Waals surface area contributed by atoms with Crippen LogP contribution < -0.4 is 15.2 Å². The summed E-state index contributed by atoms with van der Waals surface area (Å²) in [4.78, 5) is 3.59. The predicted molar refractivity (Wildman–Crippen MR) is 99.6 cm³/mol. The Kier molecular flexibility index (Phi) is 4.21. The number of benzene rings is 2. The van der Waals surface area contributed by atoms with Crippen LogP contribution in [0.1, 0.15) is 18.4 Å². The molecule has 124 valence electrons. The summed E-state index contributed by atoms with van der Waals surface area (Å²) in [7, 11) is 0. The van der Waals surface area contributed by atoms with E-state index in [1.54, 1.807) is 0 Å². The van der Waals surface area contributed by atoms with Gasteiger partial charge in [0.05, 0.1) is 5.52 Å². The minimum atomic E-state index is 0.292. The number of para-hydroxylation sites is 1. The lowest BCUT2D eigenvalue weighted by atomic mass is 10.00. The highest BCUT2D eigenvalue weighted by atomic mass is 79.9. The highest BCUT2D eigenvalue weighted by Crippen LogP contribution is 2.39. The van der Waals surface area contributed by atoms with Crippen LogP contribution in [-0.2, 0) is 6.42 Å². The van der Waals surface area contributed by atoms with Crippen molar-refractivity contribution in [1.82, 2.24) is 4.98 Å². The van der Waals surface area contributed by atoms with Crippen LogP contribution in [-0.4, -0.2) is 18.3 Å². The molecule has 0 unspecified atom stereocenters. The normalized spacial score (nSPS) is 12.9. The molecule has 0 saturated heterocycles. The molecule has 4 nitrogen and oxygen atoms in total. The van der Waals surface area contributed by atoms with Gasteiger partial charge in [0.15, 0.2) is 11.5 Å². The monoisotopic (exact) mass is 386 g/mol. The van der Waals surface area contributed by atoms with E-state index in [2.05, 4.69) is 45.2 Å². The van der Waals surface area contributed by atoms with Crippen LogP contribution in [0.2, 0.25) is 0 Å². The minimum Gasteiger partial charge on any atom is -0.454 e. The summed E-state index contributed by atoms with van der Waals surface area (Å²) in [6, 6.07) is 12.4. The van der Waals surface area contributed by atoms with Gasteiger partial charge in [0.2, 0.25) is 6.79 Å². The summed E-state index contributed by atoms with van der Waals surface area (Å²) in [6.45, 7) is 1.02. The lowest BCUT2D eigenvalue weighted by Crippen LogP contribution is -1.99. The van der Waals surface area contributed by atoms with Crippen LogP contribution in [0.5, 0.6) is 11.5 Å². The number of nitrogens with one attached hydrogen (secondary N) is 1. The fourth-order valence-electron chi connectivity index (χ4n) is 3.24. The molecule has 0 spiro atoms. The van der Waals surface area contributed by atoms with E-state index in [-0.39, 0.29) is 0 Å². The molecule has 4 rings (SSSR count). The van der Waals surface area contributed by atoms with Crippen molar-refractivity contribution < 1.29 is 9.47 Å². The SMILES string of the molecule is NCCCCc1c(-c2ccc3c(c2)OCO3)[nH]c2c(Br)cccc12. The third-order valence-corrected chi connectivity index (χ3v) is 5.09. The van der Waals surface area contributed by atoms with Crippen molar-refractivity contribution in [3.63, 3.8) is 0 Å². The number of nitrogens with two attached hydrogens (primary N) is 1. The summed E-state index contributed by atoms with van der Waals surface area (Å²) < 4.78 is 12.0. The zero-order chi connectivity index (χ0) is 16.5. The fraction of sp³-hybridized carbons (Fsp3) is 0.263. The van der Waals surface area contributed by atoms with Crippen molar-refractivity contribution in [1.29, 1.82) is 0 Å². The molecule has 3 aromatic rings. The second-order valence-electron chi connectivity index (χ2n) is 5.95. The number of hydrogen-bond donors (Lipinski definition) is 2. The molecule has 0 amide bonds. The Morgan fingerprint density at radius 2 is 1.96 bits per heavy atom. The number of aromatic amines is 1. The maximum Gasteiger partial charge on any atom is 0.231 e. The van der Waals surface area contributed by atoms with Gasteiger partial charge in [-0.3, -0.25) is 0 Å².